The maximum atomic E-state index is 12.1. The van der Waals surface area contributed by atoms with E-state index in [1.54, 1.807) is 24.4 Å². The maximum Gasteiger partial charge on any atom is 0.281 e. The van der Waals surface area contributed by atoms with Crippen molar-refractivity contribution in [2.45, 2.75) is 6.42 Å². The van der Waals surface area contributed by atoms with Gasteiger partial charge in [0.25, 0.3) is 5.56 Å². The van der Waals surface area contributed by atoms with Crippen LogP contribution < -0.4 is 15.6 Å². The Bertz CT molecular complexity index is 829. The van der Waals surface area contributed by atoms with E-state index in [0.29, 0.717) is 5.65 Å². The molecule has 0 aliphatic rings. The van der Waals surface area contributed by atoms with Crippen molar-refractivity contribution in [1.29, 1.82) is 0 Å². The van der Waals surface area contributed by atoms with E-state index in [2.05, 4.69) is 15.0 Å². The molecule has 0 fully saturated rings. The number of carbonyl (C=O) groups is 1. The van der Waals surface area contributed by atoms with Gasteiger partial charge in [-0.3, -0.25) is 14.0 Å². The summed E-state index contributed by atoms with van der Waals surface area (Å²) in [6.07, 6.45) is 3.75. The van der Waals surface area contributed by atoms with Gasteiger partial charge in [-0.1, -0.05) is 6.07 Å². The summed E-state index contributed by atoms with van der Waals surface area (Å²) in [5.41, 5.74) is 0.118. The van der Waals surface area contributed by atoms with Crippen LogP contribution in [0.15, 0.2) is 35.4 Å². The molecule has 2 aromatic heterocycles. The van der Waals surface area contributed by atoms with E-state index in [9.17, 15) is 18.0 Å². The van der Waals surface area contributed by atoms with Gasteiger partial charge >= 0.3 is 0 Å². The topological polar surface area (TPSA) is 110 Å². The molecule has 21 heavy (non-hydrogen) atoms. The molecule has 1 amide bonds. The minimum absolute atomic E-state index is 0.0347. The summed E-state index contributed by atoms with van der Waals surface area (Å²) in [5, 5.41) is 2.42. The number of pyridine rings is 1. The summed E-state index contributed by atoms with van der Waals surface area (Å²) in [6, 6.07) is 5.09. The van der Waals surface area contributed by atoms with Crippen LogP contribution in [0.3, 0.4) is 0 Å². The van der Waals surface area contributed by atoms with E-state index in [-0.39, 0.29) is 18.7 Å². The molecule has 0 aliphatic heterocycles. The zero-order valence-corrected chi connectivity index (χ0v) is 12.1. The number of nitrogens with zero attached hydrogens (tertiary/aromatic N) is 2. The average Bonchev–Trinajstić information content (AvgIpc) is 2.41. The van der Waals surface area contributed by atoms with Crippen LogP contribution in [-0.2, 0) is 14.8 Å². The molecule has 112 valence electrons. The Morgan fingerprint density at radius 3 is 2.86 bits per heavy atom. The van der Waals surface area contributed by atoms with E-state index >= 15 is 0 Å². The van der Waals surface area contributed by atoms with Crippen molar-refractivity contribution >= 4 is 27.3 Å². The molecule has 2 N–H and O–H groups in total. The fraction of sp³-hybridized carbons (Fsp3) is 0.250. The molecule has 2 heterocycles. The zero-order chi connectivity index (χ0) is 15.5. The van der Waals surface area contributed by atoms with Crippen molar-refractivity contribution in [2.24, 2.45) is 0 Å². The lowest BCUT2D eigenvalue weighted by Crippen LogP contribution is -2.28. The van der Waals surface area contributed by atoms with Crippen LogP contribution in [-0.4, -0.2) is 36.5 Å². The summed E-state index contributed by atoms with van der Waals surface area (Å²) < 4.78 is 25.2. The molecular weight excluding hydrogens is 296 g/mol. The van der Waals surface area contributed by atoms with E-state index in [0.717, 1.165) is 6.26 Å². The molecule has 0 aliphatic carbocycles. The Morgan fingerprint density at radius 2 is 2.14 bits per heavy atom. The highest BCUT2D eigenvalue weighted by molar-refractivity contribution is 7.88. The number of fused-ring (bicyclic) bond motifs is 1. The Hall–Kier alpha value is -2.26. The minimum atomic E-state index is -3.34. The SMILES string of the molecule is CS(=O)(=O)NCCC(=O)Nc1cnc2ccccn2c1=O. The van der Waals surface area contributed by atoms with Crippen LogP contribution in [0, 0.1) is 0 Å². The number of sulfonamides is 1. The van der Waals surface area contributed by atoms with Gasteiger partial charge in [-0.2, -0.15) is 0 Å². The van der Waals surface area contributed by atoms with Gasteiger partial charge in [0.15, 0.2) is 0 Å². The van der Waals surface area contributed by atoms with E-state index in [4.69, 9.17) is 0 Å². The predicted octanol–water partition coefficient (Wildman–Crippen LogP) is -0.428. The van der Waals surface area contributed by atoms with Gasteiger partial charge in [0.05, 0.1) is 12.5 Å². The highest BCUT2D eigenvalue weighted by Crippen LogP contribution is 2.01. The number of hydrogen-bond donors (Lipinski definition) is 2. The van der Waals surface area contributed by atoms with Crippen LogP contribution in [0.2, 0.25) is 0 Å². The summed E-state index contributed by atoms with van der Waals surface area (Å²) in [7, 11) is -3.34. The smallest absolute Gasteiger partial charge is 0.281 e. The summed E-state index contributed by atoms with van der Waals surface area (Å²) in [6.45, 7) is -0.0347. The van der Waals surface area contributed by atoms with Gasteiger partial charge in [-0.25, -0.2) is 18.1 Å². The van der Waals surface area contributed by atoms with E-state index in [1.165, 1.54) is 10.6 Å². The summed E-state index contributed by atoms with van der Waals surface area (Å²) in [4.78, 5) is 27.8. The molecule has 0 saturated carbocycles. The zero-order valence-electron chi connectivity index (χ0n) is 11.2. The van der Waals surface area contributed by atoms with Crippen molar-refractivity contribution in [3.05, 3.63) is 40.9 Å². The van der Waals surface area contributed by atoms with E-state index < -0.39 is 21.5 Å². The first-order valence-corrected chi connectivity index (χ1v) is 7.97. The van der Waals surface area contributed by atoms with Gasteiger partial charge in [0, 0.05) is 19.2 Å². The third kappa shape index (κ3) is 4.10. The van der Waals surface area contributed by atoms with Gasteiger partial charge in [0.2, 0.25) is 15.9 Å². The Labute approximate surface area is 120 Å². The van der Waals surface area contributed by atoms with E-state index in [1.807, 2.05) is 0 Å². The summed E-state index contributed by atoms with van der Waals surface area (Å²) in [5.74, 6) is -0.471. The fourth-order valence-corrected chi connectivity index (χ4v) is 2.15. The number of aromatic nitrogens is 2. The second kappa shape index (κ2) is 6.02. The molecule has 8 nitrogen and oxygen atoms in total. The van der Waals surface area contributed by atoms with Crippen molar-refractivity contribution in [3.63, 3.8) is 0 Å². The largest absolute Gasteiger partial charge is 0.320 e. The number of amides is 1. The minimum Gasteiger partial charge on any atom is -0.320 e. The number of carbonyl (C=O) groups excluding carboxylic acids is 1. The molecule has 0 unspecified atom stereocenters. The van der Waals surface area contributed by atoms with Crippen LogP contribution in [0.5, 0.6) is 0 Å². The summed E-state index contributed by atoms with van der Waals surface area (Å²) >= 11 is 0. The van der Waals surface area contributed by atoms with Crippen LogP contribution in [0.1, 0.15) is 6.42 Å². The number of rotatable bonds is 5. The molecule has 0 atom stereocenters. The standard InChI is InChI=1S/C12H14N4O4S/c1-21(19,20)14-6-5-11(17)15-9-8-13-10-4-2-3-7-16(10)12(9)18/h2-4,7-8,14H,5-6H2,1H3,(H,15,17). The second-order valence-electron chi connectivity index (χ2n) is 4.37. The number of anilines is 1. The maximum absolute atomic E-state index is 12.1. The average molecular weight is 310 g/mol. The molecular formula is C12H14N4O4S. The molecule has 2 aromatic rings. The normalized spacial score (nSPS) is 11.5. The van der Waals surface area contributed by atoms with Gasteiger partial charge in [-0.15, -0.1) is 0 Å². The Balaban J connectivity index is 2.08. The molecule has 0 bridgehead atoms. The molecule has 0 aromatic carbocycles. The first kappa shape index (κ1) is 15.1. The predicted molar refractivity (Wildman–Crippen MR) is 77.6 cm³/mol. The highest BCUT2D eigenvalue weighted by Gasteiger charge is 2.09. The third-order valence-electron chi connectivity index (χ3n) is 2.60. The van der Waals surface area contributed by atoms with Crippen molar-refractivity contribution in [2.75, 3.05) is 18.1 Å². The van der Waals surface area contributed by atoms with Crippen LogP contribution in [0.4, 0.5) is 5.69 Å². The number of hydrogen-bond acceptors (Lipinski definition) is 5. The Kier molecular flexibility index (Phi) is 4.34. The highest BCUT2D eigenvalue weighted by atomic mass is 32.2. The fourth-order valence-electron chi connectivity index (χ4n) is 1.68. The third-order valence-corrected chi connectivity index (χ3v) is 3.33. The Morgan fingerprint density at radius 1 is 1.38 bits per heavy atom. The molecule has 9 heteroatoms. The second-order valence-corrected chi connectivity index (χ2v) is 6.20. The number of nitrogens with one attached hydrogen (secondary N) is 2. The first-order chi connectivity index (χ1) is 9.87. The van der Waals surface area contributed by atoms with Crippen molar-refractivity contribution < 1.29 is 13.2 Å². The monoisotopic (exact) mass is 310 g/mol. The van der Waals surface area contributed by atoms with Crippen LogP contribution >= 0.6 is 0 Å². The lowest BCUT2D eigenvalue weighted by atomic mass is 10.3. The molecule has 0 spiro atoms. The van der Waals surface area contributed by atoms with Crippen LogP contribution in [0.25, 0.3) is 5.65 Å². The van der Waals surface area contributed by atoms with Crippen molar-refractivity contribution in [1.82, 2.24) is 14.1 Å². The van der Waals surface area contributed by atoms with Gasteiger partial charge in [0.1, 0.15) is 11.3 Å². The quantitative estimate of drug-likeness (QED) is 0.779. The lowest BCUT2D eigenvalue weighted by molar-refractivity contribution is -0.116. The molecule has 0 radical (unpaired) electrons. The van der Waals surface area contributed by atoms with Gasteiger partial charge in [-0.05, 0) is 12.1 Å². The first-order valence-electron chi connectivity index (χ1n) is 6.08. The molecule has 0 saturated heterocycles. The van der Waals surface area contributed by atoms with Crippen molar-refractivity contribution in [3.8, 4) is 0 Å². The van der Waals surface area contributed by atoms with Gasteiger partial charge < -0.3 is 5.32 Å². The molecule has 2 rings (SSSR count). The lowest BCUT2D eigenvalue weighted by Gasteiger charge is -2.06.